The molecule has 138 valence electrons. The van der Waals surface area contributed by atoms with Crippen molar-refractivity contribution in [2.75, 3.05) is 20.6 Å². The lowest BCUT2D eigenvalue weighted by atomic mass is 10.0. The molecule has 1 atom stereocenters. The van der Waals surface area contributed by atoms with Crippen molar-refractivity contribution in [1.82, 2.24) is 9.62 Å². The Hall–Kier alpha value is -0.390. The molecule has 0 aliphatic rings. The Bertz CT molecular complexity index is 392. The first-order valence-corrected chi connectivity index (χ1v) is 10.8. The number of hydrogen-bond donors (Lipinski definition) is 1. The van der Waals surface area contributed by atoms with E-state index in [1.165, 1.54) is 43.9 Å². The van der Waals surface area contributed by atoms with E-state index >= 15 is 0 Å². The second kappa shape index (κ2) is 14.0. The summed E-state index contributed by atoms with van der Waals surface area (Å²) in [6, 6.07) is 0.0807. The van der Waals surface area contributed by atoms with Gasteiger partial charge < -0.3 is 4.90 Å². The summed E-state index contributed by atoms with van der Waals surface area (Å²) in [7, 11) is 0.531. The maximum atomic E-state index is 12.2. The highest BCUT2D eigenvalue weighted by Gasteiger charge is 2.15. The maximum absolute atomic E-state index is 12.2. The molecule has 0 aromatic carbocycles. The van der Waals surface area contributed by atoms with Crippen LogP contribution >= 0.6 is 0 Å². The molecular formula is C18H38N2O2S. The van der Waals surface area contributed by atoms with Crippen LogP contribution in [0.1, 0.15) is 78.1 Å². The maximum Gasteiger partial charge on any atom is 0.233 e. The third-order valence-electron chi connectivity index (χ3n) is 3.89. The minimum absolute atomic E-state index is 0.0807. The third kappa shape index (κ3) is 14.9. The van der Waals surface area contributed by atoms with Crippen molar-refractivity contribution in [3.05, 3.63) is 11.5 Å². The van der Waals surface area contributed by atoms with E-state index in [0.29, 0.717) is 6.54 Å². The standard InChI is InChI=1S/C18H38N2O2S/c1-5-7-9-10-12-15-18(14-11-8-6-2)19-23(21,22)17-13-16-20(3)4/h13,17-19H,5-12,14-16H2,1-4H3/b17-13+. The smallest absolute Gasteiger partial charge is 0.233 e. The molecule has 0 spiro atoms. The van der Waals surface area contributed by atoms with Crippen molar-refractivity contribution in [2.24, 2.45) is 0 Å². The van der Waals surface area contributed by atoms with Crippen molar-refractivity contribution >= 4 is 10.0 Å². The Morgan fingerprint density at radius 1 is 0.913 bits per heavy atom. The van der Waals surface area contributed by atoms with Gasteiger partial charge in [0.25, 0.3) is 0 Å². The van der Waals surface area contributed by atoms with Gasteiger partial charge in [-0.2, -0.15) is 0 Å². The van der Waals surface area contributed by atoms with Crippen LogP contribution in [-0.4, -0.2) is 40.0 Å². The molecule has 0 saturated carbocycles. The molecule has 0 fully saturated rings. The van der Waals surface area contributed by atoms with Gasteiger partial charge in [-0.05, 0) is 26.9 Å². The van der Waals surface area contributed by atoms with E-state index in [9.17, 15) is 8.42 Å². The Kier molecular flexibility index (Phi) is 13.8. The molecule has 23 heavy (non-hydrogen) atoms. The molecule has 0 aromatic heterocycles. The molecule has 0 amide bonds. The number of hydrogen-bond acceptors (Lipinski definition) is 3. The van der Waals surface area contributed by atoms with E-state index in [4.69, 9.17) is 0 Å². The van der Waals surface area contributed by atoms with Gasteiger partial charge in [0.05, 0.1) is 0 Å². The Balaban J connectivity index is 4.38. The normalized spacial score (nSPS) is 14.0. The molecular weight excluding hydrogens is 308 g/mol. The fourth-order valence-corrected chi connectivity index (χ4v) is 3.67. The molecule has 0 radical (unpaired) electrons. The molecule has 0 saturated heterocycles. The summed E-state index contributed by atoms with van der Waals surface area (Å²) in [6.45, 7) is 5.02. The number of rotatable bonds is 15. The van der Waals surface area contributed by atoms with E-state index < -0.39 is 10.0 Å². The lowest BCUT2D eigenvalue weighted by molar-refractivity contribution is 0.455. The van der Waals surface area contributed by atoms with Gasteiger partial charge in [0.2, 0.25) is 10.0 Å². The molecule has 0 aliphatic carbocycles. The first-order valence-electron chi connectivity index (χ1n) is 9.24. The molecule has 1 unspecified atom stereocenters. The zero-order chi connectivity index (χ0) is 17.6. The van der Waals surface area contributed by atoms with Crippen molar-refractivity contribution in [3.63, 3.8) is 0 Å². The molecule has 0 aromatic rings. The predicted octanol–water partition coefficient (Wildman–Crippen LogP) is 4.29. The Morgan fingerprint density at radius 2 is 1.43 bits per heavy atom. The van der Waals surface area contributed by atoms with E-state index in [2.05, 4.69) is 18.6 Å². The lowest BCUT2D eigenvalue weighted by Crippen LogP contribution is -2.33. The first kappa shape index (κ1) is 22.6. The van der Waals surface area contributed by atoms with Gasteiger partial charge in [0.1, 0.15) is 0 Å². The van der Waals surface area contributed by atoms with E-state index in [1.807, 2.05) is 19.0 Å². The number of nitrogens with one attached hydrogen (secondary N) is 1. The third-order valence-corrected chi connectivity index (χ3v) is 5.10. The second-order valence-corrected chi connectivity index (χ2v) is 8.29. The molecule has 4 nitrogen and oxygen atoms in total. The highest BCUT2D eigenvalue weighted by atomic mass is 32.2. The summed E-state index contributed by atoms with van der Waals surface area (Å²) in [5.74, 6) is 0. The van der Waals surface area contributed by atoms with Crippen molar-refractivity contribution in [2.45, 2.75) is 84.1 Å². The number of nitrogens with zero attached hydrogens (tertiary/aromatic N) is 1. The number of sulfonamides is 1. The highest BCUT2D eigenvalue weighted by Crippen LogP contribution is 2.13. The minimum atomic E-state index is -3.32. The van der Waals surface area contributed by atoms with Crippen LogP contribution in [0.5, 0.6) is 0 Å². The highest BCUT2D eigenvalue weighted by molar-refractivity contribution is 7.92. The van der Waals surface area contributed by atoms with Gasteiger partial charge >= 0.3 is 0 Å². The Labute approximate surface area is 144 Å². The average Bonchev–Trinajstić information content (AvgIpc) is 2.46. The summed E-state index contributed by atoms with van der Waals surface area (Å²) < 4.78 is 27.2. The van der Waals surface area contributed by atoms with Crippen LogP contribution in [0.3, 0.4) is 0 Å². The van der Waals surface area contributed by atoms with Crippen LogP contribution in [0.25, 0.3) is 0 Å². The number of unbranched alkanes of at least 4 members (excludes halogenated alkanes) is 6. The molecule has 0 bridgehead atoms. The minimum Gasteiger partial charge on any atom is -0.306 e. The van der Waals surface area contributed by atoms with E-state index in [1.54, 1.807) is 6.08 Å². The largest absolute Gasteiger partial charge is 0.306 e. The van der Waals surface area contributed by atoms with Gasteiger partial charge in [0, 0.05) is 18.0 Å². The summed E-state index contributed by atoms with van der Waals surface area (Å²) in [5, 5.41) is 1.32. The van der Waals surface area contributed by atoms with Gasteiger partial charge in [-0.25, -0.2) is 13.1 Å². The average molecular weight is 347 g/mol. The lowest BCUT2D eigenvalue weighted by Gasteiger charge is -2.17. The quantitative estimate of drug-likeness (QED) is 0.450. The van der Waals surface area contributed by atoms with Crippen molar-refractivity contribution < 1.29 is 8.42 Å². The molecule has 0 heterocycles. The Morgan fingerprint density at radius 3 is 2.00 bits per heavy atom. The predicted molar refractivity (Wildman–Crippen MR) is 101 cm³/mol. The fraction of sp³-hybridized carbons (Fsp3) is 0.889. The van der Waals surface area contributed by atoms with E-state index in [-0.39, 0.29) is 6.04 Å². The summed E-state index contributed by atoms with van der Waals surface area (Å²) in [6.07, 6.45) is 13.1. The monoisotopic (exact) mass is 346 g/mol. The van der Waals surface area contributed by atoms with Gasteiger partial charge in [0.15, 0.2) is 0 Å². The van der Waals surface area contributed by atoms with Crippen LogP contribution in [0.2, 0.25) is 0 Å². The summed E-state index contributed by atoms with van der Waals surface area (Å²) >= 11 is 0. The number of likely N-dealkylation sites (N-methyl/N-ethyl adjacent to an activating group) is 1. The van der Waals surface area contributed by atoms with Crippen LogP contribution in [0, 0.1) is 0 Å². The molecule has 5 heteroatoms. The zero-order valence-electron chi connectivity index (χ0n) is 15.7. The van der Waals surface area contributed by atoms with Gasteiger partial charge in [-0.3, -0.25) is 0 Å². The summed E-state index contributed by atoms with van der Waals surface area (Å²) in [5.41, 5.74) is 0. The molecule has 0 rings (SSSR count). The van der Waals surface area contributed by atoms with Crippen LogP contribution in [0.15, 0.2) is 11.5 Å². The summed E-state index contributed by atoms with van der Waals surface area (Å²) in [4.78, 5) is 1.94. The first-order chi connectivity index (χ1) is 10.9. The van der Waals surface area contributed by atoms with E-state index in [0.717, 1.165) is 25.7 Å². The molecule has 0 aliphatic heterocycles. The molecule has 1 N–H and O–H groups in total. The van der Waals surface area contributed by atoms with Crippen LogP contribution in [-0.2, 0) is 10.0 Å². The SMILES string of the molecule is CCCCCCCC(CCCCC)NS(=O)(=O)/C=C/CN(C)C. The topological polar surface area (TPSA) is 49.4 Å². The zero-order valence-corrected chi connectivity index (χ0v) is 16.5. The van der Waals surface area contributed by atoms with Gasteiger partial charge in [-0.15, -0.1) is 0 Å². The second-order valence-electron chi connectivity index (χ2n) is 6.69. The van der Waals surface area contributed by atoms with Gasteiger partial charge in [-0.1, -0.05) is 71.3 Å². The van der Waals surface area contributed by atoms with Crippen LogP contribution < -0.4 is 4.72 Å². The van der Waals surface area contributed by atoms with Crippen molar-refractivity contribution in [1.29, 1.82) is 0 Å². The van der Waals surface area contributed by atoms with Crippen molar-refractivity contribution in [3.8, 4) is 0 Å². The fourth-order valence-electron chi connectivity index (χ4n) is 2.55. The van der Waals surface area contributed by atoms with Crippen LogP contribution in [0.4, 0.5) is 0 Å².